The lowest BCUT2D eigenvalue weighted by Crippen LogP contribution is -2.11. The molecule has 0 amide bonds. The molecule has 1 N–H and O–H groups in total. The van der Waals surface area contributed by atoms with E-state index < -0.39 is 0 Å². The second-order valence-corrected chi connectivity index (χ2v) is 6.22. The number of ether oxygens (including phenoxy) is 1. The van der Waals surface area contributed by atoms with E-state index >= 15 is 0 Å². The van der Waals surface area contributed by atoms with Crippen LogP contribution in [0.25, 0.3) is 0 Å². The Morgan fingerprint density at radius 2 is 2.16 bits per heavy atom. The first-order valence-electron chi connectivity index (χ1n) is 7.42. The van der Waals surface area contributed by atoms with E-state index in [2.05, 4.69) is 36.5 Å². The van der Waals surface area contributed by atoms with Crippen molar-refractivity contribution in [1.29, 1.82) is 0 Å². The van der Waals surface area contributed by atoms with Gasteiger partial charge in [0.05, 0.1) is 6.10 Å². The first-order valence-corrected chi connectivity index (χ1v) is 8.41. The van der Waals surface area contributed by atoms with Crippen molar-refractivity contribution in [3.8, 4) is 0 Å². The van der Waals surface area contributed by atoms with Crippen LogP contribution in [0.4, 0.5) is 0 Å². The van der Waals surface area contributed by atoms with E-state index in [1.54, 1.807) is 0 Å². The zero-order chi connectivity index (χ0) is 13.3. The third kappa shape index (κ3) is 5.55. The average molecular weight is 279 g/mol. The third-order valence-electron chi connectivity index (χ3n) is 3.47. The Hall–Kier alpha value is -0.510. The van der Waals surface area contributed by atoms with Gasteiger partial charge in [-0.2, -0.15) is 0 Å². The van der Waals surface area contributed by atoms with Crippen molar-refractivity contribution in [2.24, 2.45) is 0 Å². The van der Waals surface area contributed by atoms with Gasteiger partial charge in [-0.15, -0.1) is 11.8 Å². The van der Waals surface area contributed by atoms with E-state index in [1.807, 2.05) is 11.8 Å². The smallest absolute Gasteiger partial charge is 0.0576 e. The Labute approximate surface area is 121 Å². The van der Waals surface area contributed by atoms with Crippen molar-refractivity contribution in [1.82, 2.24) is 5.32 Å². The van der Waals surface area contributed by atoms with Crippen LogP contribution in [-0.2, 0) is 11.3 Å². The lowest BCUT2D eigenvalue weighted by Gasteiger charge is -2.08. The van der Waals surface area contributed by atoms with Crippen LogP contribution in [0.5, 0.6) is 0 Å². The molecule has 1 fully saturated rings. The topological polar surface area (TPSA) is 21.3 Å². The third-order valence-corrected chi connectivity index (χ3v) is 4.56. The van der Waals surface area contributed by atoms with Crippen LogP contribution in [0.2, 0.25) is 0 Å². The van der Waals surface area contributed by atoms with Gasteiger partial charge in [-0.1, -0.05) is 19.1 Å². The Balaban J connectivity index is 1.62. The maximum absolute atomic E-state index is 5.64. The summed E-state index contributed by atoms with van der Waals surface area (Å²) in [4.78, 5) is 1.38. The van der Waals surface area contributed by atoms with Gasteiger partial charge >= 0.3 is 0 Å². The maximum Gasteiger partial charge on any atom is 0.0576 e. The summed E-state index contributed by atoms with van der Waals surface area (Å²) in [6, 6.07) is 8.93. The molecule has 1 saturated heterocycles. The summed E-state index contributed by atoms with van der Waals surface area (Å²) in [7, 11) is 0. The quantitative estimate of drug-likeness (QED) is 0.577. The van der Waals surface area contributed by atoms with Crippen LogP contribution in [0.3, 0.4) is 0 Å². The van der Waals surface area contributed by atoms with E-state index in [0.717, 1.165) is 19.7 Å². The molecule has 0 aromatic heterocycles. The standard InChI is InChI=1S/C16H25NOS/c1-2-17-13-14-7-9-16(10-8-14)19-12-4-6-15-5-3-11-18-15/h7-10,15,17H,2-6,11-13H2,1H3. The molecule has 2 nitrogen and oxygen atoms in total. The molecule has 1 aliphatic heterocycles. The molecule has 0 spiro atoms. The van der Waals surface area contributed by atoms with Gasteiger partial charge in [0.2, 0.25) is 0 Å². The number of thioether (sulfide) groups is 1. The predicted molar refractivity (Wildman–Crippen MR) is 82.8 cm³/mol. The van der Waals surface area contributed by atoms with E-state index in [9.17, 15) is 0 Å². The number of rotatable bonds is 8. The van der Waals surface area contributed by atoms with Crippen molar-refractivity contribution in [2.75, 3.05) is 18.9 Å². The highest BCUT2D eigenvalue weighted by molar-refractivity contribution is 7.99. The SMILES string of the molecule is CCNCc1ccc(SCCCC2CCCO2)cc1. The molecule has 2 rings (SSSR count). The van der Waals surface area contributed by atoms with Gasteiger partial charge in [0.25, 0.3) is 0 Å². The van der Waals surface area contributed by atoms with Crippen LogP contribution < -0.4 is 5.32 Å². The van der Waals surface area contributed by atoms with Gasteiger partial charge in [0.1, 0.15) is 0 Å². The zero-order valence-corrected chi connectivity index (χ0v) is 12.7. The summed E-state index contributed by atoms with van der Waals surface area (Å²) >= 11 is 1.96. The van der Waals surface area contributed by atoms with Crippen molar-refractivity contribution >= 4 is 11.8 Å². The molecule has 106 valence electrons. The fourth-order valence-electron chi connectivity index (χ4n) is 2.35. The Morgan fingerprint density at radius 1 is 1.32 bits per heavy atom. The van der Waals surface area contributed by atoms with Crippen LogP contribution in [0.15, 0.2) is 29.2 Å². The summed E-state index contributed by atoms with van der Waals surface area (Å²) in [6.45, 7) is 5.11. The number of hydrogen-bond donors (Lipinski definition) is 1. The summed E-state index contributed by atoms with van der Waals surface area (Å²) in [5.74, 6) is 1.20. The van der Waals surface area contributed by atoms with Gasteiger partial charge in [-0.25, -0.2) is 0 Å². The molecule has 19 heavy (non-hydrogen) atoms. The van der Waals surface area contributed by atoms with Crippen LogP contribution >= 0.6 is 11.8 Å². The Bertz CT molecular complexity index is 346. The summed E-state index contributed by atoms with van der Waals surface area (Å²) in [5, 5.41) is 3.35. The molecule has 0 saturated carbocycles. The highest BCUT2D eigenvalue weighted by atomic mass is 32.2. The summed E-state index contributed by atoms with van der Waals surface area (Å²) in [6.07, 6.45) is 5.55. The van der Waals surface area contributed by atoms with Gasteiger partial charge < -0.3 is 10.1 Å². The van der Waals surface area contributed by atoms with Crippen LogP contribution in [0, 0.1) is 0 Å². The van der Waals surface area contributed by atoms with Gasteiger partial charge in [0, 0.05) is 18.0 Å². The lowest BCUT2D eigenvalue weighted by atomic mass is 10.1. The molecular formula is C16H25NOS. The Kier molecular flexibility index (Phi) is 6.75. The van der Waals surface area contributed by atoms with Gasteiger partial charge in [-0.05, 0) is 55.7 Å². The molecule has 1 aromatic carbocycles. The normalized spacial score (nSPS) is 18.9. The molecule has 0 aliphatic carbocycles. The van der Waals surface area contributed by atoms with Crippen molar-refractivity contribution in [2.45, 2.75) is 50.2 Å². The molecule has 0 radical (unpaired) electrons. The number of nitrogens with one attached hydrogen (secondary N) is 1. The van der Waals surface area contributed by atoms with Crippen molar-refractivity contribution in [3.63, 3.8) is 0 Å². The van der Waals surface area contributed by atoms with E-state index in [4.69, 9.17) is 4.74 Å². The van der Waals surface area contributed by atoms with Crippen LogP contribution in [-0.4, -0.2) is 25.0 Å². The van der Waals surface area contributed by atoms with Crippen molar-refractivity contribution < 1.29 is 4.74 Å². The second kappa shape index (κ2) is 8.62. The average Bonchev–Trinajstić information content (AvgIpc) is 2.96. The zero-order valence-electron chi connectivity index (χ0n) is 11.9. The minimum Gasteiger partial charge on any atom is -0.378 e. The fraction of sp³-hybridized carbons (Fsp3) is 0.625. The molecule has 1 heterocycles. The predicted octanol–water partition coefficient (Wildman–Crippen LogP) is 3.85. The fourth-order valence-corrected chi connectivity index (χ4v) is 3.22. The first kappa shape index (κ1) is 14.9. The molecule has 1 atom stereocenters. The largest absolute Gasteiger partial charge is 0.378 e. The van der Waals surface area contributed by atoms with Gasteiger partial charge in [0.15, 0.2) is 0 Å². The number of hydrogen-bond acceptors (Lipinski definition) is 3. The summed E-state index contributed by atoms with van der Waals surface area (Å²) in [5.41, 5.74) is 1.37. The molecular weight excluding hydrogens is 254 g/mol. The van der Waals surface area contributed by atoms with E-state index in [0.29, 0.717) is 6.10 Å². The molecule has 0 bridgehead atoms. The molecule has 1 aliphatic rings. The molecule has 1 unspecified atom stereocenters. The lowest BCUT2D eigenvalue weighted by molar-refractivity contribution is 0.104. The van der Waals surface area contributed by atoms with Gasteiger partial charge in [-0.3, -0.25) is 0 Å². The first-order chi connectivity index (χ1) is 9.38. The van der Waals surface area contributed by atoms with E-state index in [-0.39, 0.29) is 0 Å². The molecule has 3 heteroatoms. The summed E-state index contributed by atoms with van der Waals surface area (Å²) < 4.78 is 5.64. The minimum absolute atomic E-state index is 0.545. The van der Waals surface area contributed by atoms with Crippen molar-refractivity contribution in [3.05, 3.63) is 29.8 Å². The highest BCUT2D eigenvalue weighted by Crippen LogP contribution is 2.22. The highest BCUT2D eigenvalue weighted by Gasteiger charge is 2.14. The van der Waals surface area contributed by atoms with E-state index in [1.165, 1.54) is 41.9 Å². The van der Waals surface area contributed by atoms with Crippen LogP contribution in [0.1, 0.15) is 38.2 Å². The Morgan fingerprint density at radius 3 is 2.84 bits per heavy atom. The number of benzene rings is 1. The molecule has 1 aromatic rings. The monoisotopic (exact) mass is 279 g/mol. The maximum atomic E-state index is 5.64. The second-order valence-electron chi connectivity index (χ2n) is 5.05. The minimum atomic E-state index is 0.545.